The molecular weight excluding hydrogens is 306 g/mol. The highest BCUT2D eigenvalue weighted by atomic mass is 16.5. The minimum atomic E-state index is -0.716. The van der Waals surface area contributed by atoms with Gasteiger partial charge in [-0.25, -0.2) is 0 Å². The molecule has 24 heavy (non-hydrogen) atoms. The normalized spacial score (nSPS) is 13.2. The van der Waals surface area contributed by atoms with Gasteiger partial charge >= 0.3 is 5.97 Å². The number of hydrogen-bond acceptors (Lipinski definition) is 5. The zero-order valence-corrected chi connectivity index (χ0v) is 14.7. The minimum absolute atomic E-state index is 0.364. The van der Waals surface area contributed by atoms with E-state index < -0.39 is 12.0 Å². The number of methoxy groups -OCH3 is 3. The van der Waals surface area contributed by atoms with Gasteiger partial charge in [-0.3, -0.25) is 4.79 Å². The number of esters is 1. The van der Waals surface area contributed by atoms with Gasteiger partial charge in [0.05, 0.1) is 21.3 Å². The van der Waals surface area contributed by atoms with E-state index in [2.05, 4.69) is 11.3 Å². The van der Waals surface area contributed by atoms with Crippen LogP contribution in [0.1, 0.15) is 18.1 Å². The number of benzene rings is 1. The van der Waals surface area contributed by atoms with Crippen molar-refractivity contribution >= 4 is 11.5 Å². The molecule has 0 aliphatic rings. The molecule has 1 aromatic rings. The van der Waals surface area contributed by atoms with E-state index in [-0.39, 0.29) is 0 Å². The summed E-state index contributed by atoms with van der Waals surface area (Å²) in [6.45, 7) is 5.70. The molecule has 0 spiro atoms. The molecular formula is C19H25NO4. The average molecular weight is 331 g/mol. The fraction of sp³-hybridized carbons (Fsp3) is 0.316. The van der Waals surface area contributed by atoms with Crippen molar-refractivity contribution in [2.24, 2.45) is 5.73 Å². The maximum atomic E-state index is 11.5. The molecule has 5 heteroatoms. The van der Waals surface area contributed by atoms with Crippen molar-refractivity contribution in [1.82, 2.24) is 0 Å². The van der Waals surface area contributed by atoms with Gasteiger partial charge in [0.25, 0.3) is 0 Å². The zero-order chi connectivity index (χ0) is 18.1. The summed E-state index contributed by atoms with van der Waals surface area (Å²) < 4.78 is 15.5. The van der Waals surface area contributed by atoms with Crippen LogP contribution in [-0.4, -0.2) is 33.3 Å². The third-order valence-electron chi connectivity index (χ3n) is 3.52. The van der Waals surface area contributed by atoms with Crippen molar-refractivity contribution < 1.29 is 19.0 Å². The molecule has 2 N–H and O–H groups in total. The van der Waals surface area contributed by atoms with Gasteiger partial charge in [0.2, 0.25) is 0 Å². The van der Waals surface area contributed by atoms with Gasteiger partial charge in [-0.05, 0) is 37.1 Å². The maximum Gasteiger partial charge on any atom is 0.322 e. The largest absolute Gasteiger partial charge is 0.496 e. The summed E-state index contributed by atoms with van der Waals surface area (Å²) >= 11 is 0. The number of carbonyl (C=O) groups excluding carboxylic acids is 1. The first kappa shape index (κ1) is 19.5. The summed E-state index contributed by atoms with van der Waals surface area (Å²) in [6, 6.07) is 4.93. The second kappa shape index (κ2) is 9.57. The summed E-state index contributed by atoms with van der Waals surface area (Å²) in [5.74, 6) is 0.871. The first-order chi connectivity index (χ1) is 11.5. The van der Waals surface area contributed by atoms with E-state index >= 15 is 0 Å². The Morgan fingerprint density at radius 3 is 2.50 bits per heavy atom. The van der Waals surface area contributed by atoms with Gasteiger partial charge in [-0.15, -0.1) is 0 Å². The van der Waals surface area contributed by atoms with E-state index in [1.165, 1.54) is 7.11 Å². The molecule has 1 unspecified atom stereocenters. The van der Waals surface area contributed by atoms with E-state index in [4.69, 9.17) is 15.2 Å². The standard InChI is InChI=1S/C19H25NO4/c1-6-8-14(17(7-2)22-3)15-11-13(9-10-18(15)23-4)12-16(20)19(21)24-5/h6-11,16H,2,12,20H2,1,3-5H3/b8-6+,17-14-. The molecule has 0 saturated heterocycles. The number of hydrogen-bond donors (Lipinski definition) is 1. The number of allylic oxidation sites excluding steroid dienone is 4. The maximum absolute atomic E-state index is 11.5. The molecule has 1 atom stereocenters. The monoisotopic (exact) mass is 331 g/mol. The van der Waals surface area contributed by atoms with Crippen LogP contribution in [0.3, 0.4) is 0 Å². The Balaban J connectivity index is 3.39. The molecule has 0 radical (unpaired) electrons. The molecule has 0 heterocycles. The van der Waals surface area contributed by atoms with Crippen molar-refractivity contribution in [3.63, 3.8) is 0 Å². The van der Waals surface area contributed by atoms with Crippen molar-refractivity contribution in [2.75, 3.05) is 21.3 Å². The molecule has 0 aliphatic carbocycles. The van der Waals surface area contributed by atoms with Crippen LogP contribution in [0.5, 0.6) is 5.75 Å². The van der Waals surface area contributed by atoms with Crippen molar-refractivity contribution in [3.8, 4) is 5.75 Å². The van der Waals surface area contributed by atoms with E-state index in [1.54, 1.807) is 20.3 Å². The molecule has 130 valence electrons. The Morgan fingerprint density at radius 1 is 1.29 bits per heavy atom. The average Bonchev–Trinajstić information content (AvgIpc) is 2.61. The highest BCUT2D eigenvalue weighted by Crippen LogP contribution is 2.31. The second-order valence-electron chi connectivity index (χ2n) is 5.05. The molecule has 0 saturated carbocycles. The van der Waals surface area contributed by atoms with Crippen LogP contribution in [0.15, 0.2) is 48.8 Å². The van der Waals surface area contributed by atoms with Crippen LogP contribution in [-0.2, 0) is 20.7 Å². The Bertz CT molecular complexity index is 647. The fourth-order valence-corrected chi connectivity index (χ4v) is 2.36. The number of nitrogens with two attached hydrogens (primary N) is 1. The topological polar surface area (TPSA) is 70.8 Å². The molecule has 5 nitrogen and oxygen atoms in total. The number of ether oxygens (including phenoxy) is 3. The summed E-state index contributed by atoms with van der Waals surface area (Å²) in [5, 5.41) is 0. The lowest BCUT2D eigenvalue weighted by atomic mass is 9.97. The Morgan fingerprint density at radius 2 is 2.00 bits per heavy atom. The van der Waals surface area contributed by atoms with Crippen LogP contribution >= 0.6 is 0 Å². The summed E-state index contributed by atoms with van der Waals surface area (Å²) in [6.07, 6.45) is 5.83. The fourth-order valence-electron chi connectivity index (χ4n) is 2.36. The van der Waals surface area contributed by atoms with Gasteiger partial charge in [-0.1, -0.05) is 24.8 Å². The molecule has 0 aromatic heterocycles. The van der Waals surface area contributed by atoms with Crippen LogP contribution in [0.25, 0.3) is 5.57 Å². The Kier molecular flexibility index (Phi) is 7.79. The predicted molar refractivity (Wildman–Crippen MR) is 95.6 cm³/mol. The molecule has 1 rings (SSSR count). The van der Waals surface area contributed by atoms with E-state index in [1.807, 2.05) is 37.3 Å². The number of rotatable bonds is 8. The highest BCUT2D eigenvalue weighted by molar-refractivity contribution is 5.81. The molecule has 0 aliphatic heterocycles. The Labute approximate surface area is 143 Å². The third kappa shape index (κ3) is 4.73. The molecule has 0 bridgehead atoms. The predicted octanol–water partition coefficient (Wildman–Crippen LogP) is 2.86. The van der Waals surface area contributed by atoms with E-state index in [9.17, 15) is 4.79 Å². The lowest BCUT2D eigenvalue weighted by molar-refractivity contribution is -0.142. The zero-order valence-electron chi connectivity index (χ0n) is 14.7. The van der Waals surface area contributed by atoms with Gasteiger partial charge in [-0.2, -0.15) is 0 Å². The van der Waals surface area contributed by atoms with Gasteiger partial charge in [0, 0.05) is 11.1 Å². The van der Waals surface area contributed by atoms with Crippen molar-refractivity contribution in [1.29, 1.82) is 0 Å². The first-order valence-electron chi connectivity index (χ1n) is 7.56. The van der Waals surface area contributed by atoms with Crippen molar-refractivity contribution in [2.45, 2.75) is 19.4 Å². The van der Waals surface area contributed by atoms with Crippen LogP contribution in [0.4, 0.5) is 0 Å². The SMILES string of the molecule is C=C/C(OC)=C(\C=C\C)c1cc(CC(N)C(=O)OC)ccc1OC. The highest BCUT2D eigenvalue weighted by Gasteiger charge is 2.17. The molecule has 1 aromatic carbocycles. The van der Waals surface area contributed by atoms with Crippen LogP contribution in [0, 0.1) is 0 Å². The second-order valence-corrected chi connectivity index (χ2v) is 5.05. The smallest absolute Gasteiger partial charge is 0.322 e. The van der Waals surface area contributed by atoms with Gasteiger partial charge in [0.1, 0.15) is 17.6 Å². The van der Waals surface area contributed by atoms with Crippen molar-refractivity contribution in [3.05, 3.63) is 59.9 Å². The summed E-state index contributed by atoms with van der Waals surface area (Å²) in [4.78, 5) is 11.5. The van der Waals surface area contributed by atoms with Gasteiger partial charge in [0.15, 0.2) is 0 Å². The van der Waals surface area contributed by atoms with Crippen LogP contribution < -0.4 is 10.5 Å². The Hall–Kier alpha value is -2.53. The third-order valence-corrected chi connectivity index (χ3v) is 3.52. The lowest BCUT2D eigenvalue weighted by Gasteiger charge is -2.15. The first-order valence-corrected chi connectivity index (χ1v) is 7.56. The van der Waals surface area contributed by atoms with Gasteiger partial charge < -0.3 is 19.9 Å². The van der Waals surface area contributed by atoms with E-state index in [0.717, 1.165) is 16.7 Å². The van der Waals surface area contributed by atoms with E-state index in [0.29, 0.717) is 17.9 Å². The van der Waals surface area contributed by atoms with Crippen LogP contribution in [0.2, 0.25) is 0 Å². The minimum Gasteiger partial charge on any atom is -0.496 e. The number of carbonyl (C=O) groups is 1. The molecule has 0 fully saturated rings. The summed E-state index contributed by atoms with van der Waals surface area (Å²) in [7, 11) is 4.51. The quantitative estimate of drug-likeness (QED) is 0.450. The summed E-state index contributed by atoms with van der Waals surface area (Å²) in [5.41, 5.74) is 8.42. The molecule has 0 amide bonds. The lowest BCUT2D eigenvalue weighted by Crippen LogP contribution is -2.33.